The number of rotatable bonds is 4. The van der Waals surface area contributed by atoms with Crippen molar-refractivity contribution in [3.8, 4) is 6.01 Å². The van der Waals surface area contributed by atoms with Gasteiger partial charge in [-0.15, -0.1) is 0 Å². The summed E-state index contributed by atoms with van der Waals surface area (Å²) in [5.74, 6) is 0.432. The number of nitrogens with zero attached hydrogens (tertiary/aromatic N) is 5. The van der Waals surface area contributed by atoms with Crippen LogP contribution in [0.25, 0.3) is 0 Å². The van der Waals surface area contributed by atoms with Crippen LogP contribution >= 0.6 is 0 Å². The van der Waals surface area contributed by atoms with Crippen molar-refractivity contribution < 1.29 is 4.74 Å². The van der Waals surface area contributed by atoms with Gasteiger partial charge in [0, 0.05) is 6.20 Å². The number of nitrogen functional groups attached to an aromatic ring is 1. The largest absolute Gasteiger partial charge is 0.467 e. The third kappa shape index (κ3) is 3.00. The molecule has 2 aromatic heterocycles. The van der Waals surface area contributed by atoms with E-state index in [1.165, 1.54) is 7.11 Å². The molecule has 2 rings (SSSR count). The number of hydrogen-bond donors (Lipinski definition) is 2. The zero-order chi connectivity index (χ0) is 13.0. The maximum atomic E-state index is 5.51. The maximum Gasteiger partial charge on any atom is 0.322 e. The Morgan fingerprint density at radius 1 is 1.22 bits per heavy atom. The summed E-state index contributed by atoms with van der Waals surface area (Å²) in [5, 5.41) is 2.97. The molecule has 0 saturated heterocycles. The lowest BCUT2D eigenvalue weighted by Gasteiger charge is -2.05. The van der Waals surface area contributed by atoms with Crippen molar-refractivity contribution in [2.24, 2.45) is 0 Å². The van der Waals surface area contributed by atoms with Crippen LogP contribution in [-0.4, -0.2) is 32.0 Å². The van der Waals surface area contributed by atoms with Crippen molar-refractivity contribution in [1.29, 1.82) is 0 Å². The Labute approximate surface area is 104 Å². The highest BCUT2D eigenvalue weighted by Crippen LogP contribution is 2.08. The first-order valence-electron chi connectivity index (χ1n) is 5.24. The number of methoxy groups -OCH3 is 1. The summed E-state index contributed by atoms with van der Waals surface area (Å²) in [4.78, 5) is 20.1. The van der Waals surface area contributed by atoms with E-state index in [9.17, 15) is 0 Å². The van der Waals surface area contributed by atoms with Gasteiger partial charge in [0.25, 0.3) is 0 Å². The standard InChI is InChI=1S/C10H13N7O/c1-6-3-13-7(4-12-6)5-14-9-15-8(11)16-10(17-9)18-2/h3-4H,5H2,1-2H3,(H3,11,14,15,16,17). The third-order valence-electron chi connectivity index (χ3n) is 2.08. The molecule has 0 aromatic carbocycles. The molecule has 0 fully saturated rings. The minimum absolute atomic E-state index is 0.0966. The molecule has 0 spiro atoms. The highest BCUT2D eigenvalue weighted by Gasteiger charge is 2.04. The minimum Gasteiger partial charge on any atom is -0.467 e. The predicted octanol–water partition coefficient (Wildman–Crippen LogP) is 0.173. The average Bonchev–Trinajstić information content (AvgIpc) is 2.37. The molecule has 3 N–H and O–H groups in total. The van der Waals surface area contributed by atoms with Gasteiger partial charge in [-0.3, -0.25) is 9.97 Å². The predicted molar refractivity (Wildman–Crippen MR) is 64.9 cm³/mol. The van der Waals surface area contributed by atoms with E-state index in [1.807, 2.05) is 6.92 Å². The van der Waals surface area contributed by atoms with Crippen LogP contribution in [-0.2, 0) is 6.54 Å². The summed E-state index contributed by atoms with van der Waals surface area (Å²) in [5.41, 5.74) is 7.16. The molecule has 2 aromatic rings. The summed E-state index contributed by atoms with van der Waals surface area (Å²) in [6.45, 7) is 2.32. The normalized spacial score (nSPS) is 10.1. The van der Waals surface area contributed by atoms with Crippen LogP contribution in [0.15, 0.2) is 12.4 Å². The second kappa shape index (κ2) is 5.21. The fraction of sp³-hybridized carbons (Fsp3) is 0.300. The Kier molecular flexibility index (Phi) is 3.46. The Hall–Kier alpha value is -2.51. The number of nitrogens with two attached hydrogens (primary N) is 1. The Morgan fingerprint density at radius 3 is 2.72 bits per heavy atom. The van der Waals surface area contributed by atoms with Crippen LogP contribution in [0.4, 0.5) is 11.9 Å². The first kappa shape index (κ1) is 12.0. The smallest absolute Gasteiger partial charge is 0.322 e. The SMILES string of the molecule is COc1nc(N)nc(NCc2cnc(C)cn2)n1. The zero-order valence-corrected chi connectivity index (χ0v) is 10.1. The second-order valence-corrected chi connectivity index (χ2v) is 3.51. The summed E-state index contributed by atoms with van der Waals surface area (Å²) in [7, 11) is 1.46. The van der Waals surface area contributed by atoms with Gasteiger partial charge >= 0.3 is 6.01 Å². The molecule has 94 valence electrons. The van der Waals surface area contributed by atoms with Crippen molar-refractivity contribution in [3.63, 3.8) is 0 Å². The van der Waals surface area contributed by atoms with E-state index in [1.54, 1.807) is 12.4 Å². The van der Waals surface area contributed by atoms with Gasteiger partial charge in [0.1, 0.15) is 0 Å². The molecule has 0 atom stereocenters. The lowest BCUT2D eigenvalue weighted by atomic mass is 10.4. The fourth-order valence-corrected chi connectivity index (χ4v) is 1.22. The summed E-state index contributed by atoms with van der Waals surface area (Å²) in [6.07, 6.45) is 3.38. The number of ether oxygens (including phenoxy) is 1. The second-order valence-electron chi connectivity index (χ2n) is 3.51. The van der Waals surface area contributed by atoms with Crippen LogP contribution in [0.3, 0.4) is 0 Å². The quantitative estimate of drug-likeness (QED) is 0.786. The maximum absolute atomic E-state index is 5.51. The van der Waals surface area contributed by atoms with Gasteiger partial charge in [-0.25, -0.2) is 0 Å². The van der Waals surface area contributed by atoms with E-state index < -0.39 is 0 Å². The number of nitrogens with one attached hydrogen (secondary N) is 1. The lowest BCUT2D eigenvalue weighted by molar-refractivity contribution is 0.379. The molecule has 0 bridgehead atoms. The number of anilines is 2. The lowest BCUT2D eigenvalue weighted by Crippen LogP contribution is -2.09. The van der Waals surface area contributed by atoms with Crippen molar-refractivity contribution in [2.45, 2.75) is 13.5 Å². The van der Waals surface area contributed by atoms with Crippen LogP contribution in [0.2, 0.25) is 0 Å². The van der Waals surface area contributed by atoms with Gasteiger partial charge in [0.2, 0.25) is 11.9 Å². The molecule has 8 heteroatoms. The molecule has 0 amide bonds. The van der Waals surface area contributed by atoms with E-state index in [4.69, 9.17) is 10.5 Å². The molecular weight excluding hydrogens is 234 g/mol. The van der Waals surface area contributed by atoms with Crippen molar-refractivity contribution in [1.82, 2.24) is 24.9 Å². The molecular formula is C10H13N7O. The van der Waals surface area contributed by atoms with Gasteiger partial charge < -0.3 is 15.8 Å². The molecule has 18 heavy (non-hydrogen) atoms. The first-order chi connectivity index (χ1) is 8.67. The number of aromatic nitrogens is 5. The molecule has 8 nitrogen and oxygen atoms in total. The van der Waals surface area contributed by atoms with E-state index >= 15 is 0 Å². The van der Waals surface area contributed by atoms with Crippen LogP contribution in [0.5, 0.6) is 6.01 Å². The molecule has 0 aliphatic rings. The summed E-state index contributed by atoms with van der Waals surface area (Å²) >= 11 is 0. The fourth-order valence-electron chi connectivity index (χ4n) is 1.22. The minimum atomic E-state index is 0.0966. The Bertz CT molecular complexity index is 528. The molecule has 2 heterocycles. The van der Waals surface area contributed by atoms with Crippen LogP contribution in [0.1, 0.15) is 11.4 Å². The van der Waals surface area contributed by atoms with Gasteiger partial charge in [0.15, 0.2) is 0 Å². The zero-order valence-electron chi connectivity index (χ0n) is 10.1. The van der Waals surface area contributed by atoms with Gasteiger partial charge in [0.05, 0.1) is 31.2 Å². The Balaban J connectivity index is 2.05. The summed E-state index contributed by atoms with van der Waals surface area (Å²) < 4.78 is 4.89. The van der Waals surface area contributed by atoms with Crippen molar-refractivity contribution >= 4 is 11.9 Å². The highest BCUT2D eigenvalue weighted by molar-refractivity contribution is 5.32. The van der Waals surface area contributed by atoms with E-state index in [-0.39, 0.29) is 12.0 Å². The number of hydrogen-bond acceptors (Lipinski definition) is 8. The molecule has 0 unspecified atom stereocenters. The molecule has 0 radical (unpaired) electrons. The van der Waals surface area contributed by atoms with Gasteiger partial charge in [-0.1, -0.05) is 0 Å². The van der Waals surface area contributed by atoms with Gasteiger partial charge in [-0.05, 0) is 6.92 Å². The summed E-state index contributed by atoms with van der Waals surface area (Å²) in [6, 6.07) is 0.167. The Morgan fingerprint density at radius 2 is 2.06 bits per heavy atom. The average molecular weight is 247 g/mol. The van der Waals surface area contributed by atoms with Gasteiger partial charge in [-0.2, -0.15) is 15.0 Å². The van der Waals surface area contributed by atoms with Crippen molar-refractivity contribution in [2.75, 3.05) is 18.2 Å². The number of aryl methyl sites for hydroxylation is 1. The van der Waals surface area contributed by atoms with E-state index in [0.29, 0.717) is 12.5 Å². The van der Waals surface area contributed by atoms with Crippen LogP contribution in [0, 0.1) is 6.92 Å². The molecule has 0 saturated carbocycles. The molecule has 0 aliphatic heterocycles. The van der Waals surface area contributed by atoms with E-state index in [0.717, 1.165) is 11.4 Å². The first-order valence-corrected chi connectivity index (χ1v) is 5.24. The highest BCUT2D eigenvalue weighted by atomic mass is 16.5. The third-order valence-corrected chi connectivity index (χ3v) is 2.08. The van der Waals surface area contributed by atoms with Crippen molar-refractivity contribution in [3.05, 3.63) is 23.8 Å². The topological polar surface area (TPSA) is 112 Å². The van der Waals surface area contributed by atoms with E-state index in [2.05, 4.69) is 30.2 Å². The molecule has 0 aliphatic carbocycles. The monoisotopic (exact) mass is 247 g/mol. The van der Waals surface area contributed by atoms with Crippen LogP contribution < -0.4 is 15.8 Å².